The van der Waals surface area contributed by atoms with Crippen LogP contribution in [0.2, 0.25) is 0 Å². The highest BCUT2D eigenvalue weighted by Crippen LogP contribution is 2.16. The molecule has 3 nitrogen and oxygen atoms in total. The number of rotatable bonds is 1. The lowest BCUT2D eigenvalue weighted by atomic mass is 10.2. The average Bonchev–Trinajstić information content (AvgIpc) is 2.42. The monoisotopic (exact) mass is 193 g/mol. The molecule has 0 aliphatic heterocycles. The molecule has 1 heterocycles. The zero-order valence-electron chi connectivity index (χ0n) is 6.98. The van der Waals surface area contributed by atoms with Crippen molar-refractivity contribution in [3.8, 4) is 0 Å². The van der Waals surface area contributed by atoms with E-state index in [9.17, 15) is 4.79 Å². The van der Waals surface area contributed by atoms with Gasteiger partial charge >= 0.3 is 0 Å². The second kappa shape index (κ2) is 2.81. The molecule has 0 fully saturated rings. The van der Waals surface area contributed by atoms with Gasteiger partial charge < -0.3 is 8.98 Å². The number of oxazole rings is 1. The molecule has 1 aromatic carbocycles. The number of nitrogens with zero attached hydrogens (tertiary/aromatic N) is 1. The summed E-state index contributed by atoms with van der Waals surface area (Å²) in [5.74, 6) is 0. The van der Waals surface area contributed by atoms with Crippen LogP contribution >= 0.6 is 12.2 Å². The number of carbonyl (C=O) groups excluding carboxylic acids is 1. The van der Waals surface area contributed by atoms with Crippen LogP contribution in [-0.2, 0) is 7.05 Å². The summed E-state index contributed by atoms with van der Waals surface area (Å²) in [5, 5.41) is 0. The minimum absolute atomic E-state index is 0.415. The molecule has 0 aliphatic rings. The fourth-order valence-corrected chi connectivity index (χ4v) is 1.41. The Hall–Kier alpha value is -1.42. The van der Waals surface area contributed by atoms with Gasteiger partial charge in [0.25, 0.3) is 4.84 Å². The average molecular weight is 193 g/mol. The van der Waals surface area contributed by atoms with Crippen LogP contribution in [-0.4, -0.2) is 10.9 Å². The fraction of sp³-hybridized carbons (Fsp3) is 0.111. The molecule has 4 heteroatoms. The lowest BCUT2D eigenvalue weighted by Gasteiger charge is -1.91. The van der Waals surface area contributed by atoms with Crippen LogP contribution < -0.4 is 0 Å². The number of aromatic nitrogens is 1. The van der Waals surface area contributed by atoms with Crippen molar-refractivity contribution in [2.45, 2.75) is 0 Å². The van der Waals surface area contributed by atoms with Crippen LogP contribution in [0.15, 0.2) is 22.6 Å². The lowest BCUT2D eigenvalue weighted by molar-refractivity contribution is 0.112. The number of aryl methyl sites for hydroxylation is 1. The fourth-order valence-electron chi connectivity index (χ4n) is 1.22. The molecule has 2 rings (SSSR count). The van der Waals surface area contributed by atoms with Gasteiger partial charge in [0.1, 0.15) is 6.29 Å². The molecule has 0 unspecified atom stereocenters. The van der Waals surface area contributed by atoms with Crippen LogP contribution in [0, 0.1) is 4.84 Å². The Morgan fingerprint density at radius 3 is 3.00 bits per heavy atom. The van der Waals surface area contributed by atoms with Crippen molar-refractivity contribution < 1.29 is 9.21 Å². The van der Waals surface area contributed by atoms with E-state index in [1.807, 2.05) is 13.1 Å². The minimum Gasteiger partial charge on any atom is -0.429 e. The summed E-state index contributed by atoms with van der Waals surface area (Å²) in [6.45, 7) is 0. The van der Waals surface area contributed by atoms with Gasteiger partial charge in [0, 0.05) is 12.6 Å². The summed E-state index contributed by atoms with van der Waals surface area (Å²) >= 11 is 4.94. The molecule has 66 valence electrons. The van der Waals surface area contributed by atoms with Crippen molar-refractivity contribution in [1.82, 2.24) is 4.57 Å². The van der Waals surface area contributed by atoms with E-state index >= 15 is 0 Å². The van der Waals surface area contributed by atoms with Crippen molar-refractivity contribution in [2.24, 2.45) is 7.05 Å². The third-order valence-electron chi connectivity index (χ3n) is 1.95. The summed E-state index contributed by atoms with van der Waals surface area (Å²) < 4.78 is 7.02. The summed E-state index contributed by atoms with van der Waals surface area (Å²) in [7, 11) is 1.83. The maximum absolute atomic E-state index is 10.5. The van der Waals surface area contributed by atoms with Crippen LogP contribution in [0.4, 0.5) is 0 Å². The first-order chi connectivity index (χ1) is 6.22. The summed E-state index contributed by atoms with van der Waals surface area (Å²) in [6.07, 6.45) is 0.783. The van der Waals surface area contributed by atoms with Crippen LogP contribution in [0.25, 0.3) is 11.1 Å². The predicted molar refractivity (Wildman–Crippen MR) is 51.4 cm³/mol. The van der Waals surface area contributed by atoms with E-state index in [-0.39, 0.29) is 0 Å². The normalized spacial score (nSPS) is 10.5. The Bertz CT molecular complexity index is 524. The minimum atomic E-state index is 0.415. The van der Waals surface area contributed by atoms with Gasteiger partial charge in [-0.1, -0.05) is 0 Å². The third-order valence-corrected chi connectivity index (χ3v) is 2.31. The van der Waals surface area contributed by atoms with E-state index in [1.165, 1.54) is 0 Å². The molecular formula is C9H7NO2S. The SMILES string of the molecule is Cn1c(=S)oc2cc(C=O)ccc21. The topological polar surface area (TPSA) is 35.1 Å². The first-order valence-corrected chi connectivity index (χ1v) is 4.18. The third kappa shape index (κ3) is 1.19. The number of carbonyl (C=O) groups is 1. The lowest BCUT2D eigenvalue weighted by Crippen LogP contribution is -1.86. The van der Waals surface area contributed by atoms with Gasteiger partial charge in [-0.3, -0.25) is 4.79 Å². The molecule has 0 aliphatic carbocycles. The van der Waals surface area contributed by atoms with Crippen LogP contribution in [0.5, 0.6) is 0 Å². The van der Waals surface area contributed by atoms with Gasteiger partial charge in [0.05, 0.1) is 5.52 Å². The van der Waals surface area contributed by atoms with E-state index < -0.39 is 0 Å². The Balaban J connectivity index is 2.87. The Morgan fingerprint density at radius 2 is 2.31 bits per heavy atom. The molecule has 0 bridgehead atoms. The Morgan fingerprint density at radius 1 is 1.54 bits per heavy atom. The quantitative estimate of drug-likeness (QED) is 0.515. The summed E-state index contributed by atoms with van der Waals surface area (Å²) in [6, 6.07) is 5.23. The van der Waals surface area contributed by atoms with Crippen LogP contribution in [0.1, 0.15) is 10.4 Å². The van der Waals surface area contributed by atoms with E-state index in [0.717, 1.165) is 11.8 Å². The molecule has 0 amide bonds. The summed E-state index contributed by atoms with van der Waals surface area (Å²) in [4.78, 5) is 10.9. The molecule has 0 N–H and O–H groups in total. The summed E-state index contributed by atoms with van der Waals surface area (Å²) in [5.41, 5.74) is 2.14. The second-order valence-corrected chi connectivity index (χ2v) is 3.12. The van der Waals surface area contributed by atoms with E-state index in [4.69, 9.17) is 16.6 Å². The smallest absolute Gasteiger partial charge is 0.269 e. The highest BCUT2D eigenvalue weighted by atomic mass is 32.1. The first kappa shape index (κ1) is 8.19. The molecule has 2 aromatic rings. The van der Waals surface area contributed by atoms with Crippen molar-refractivity contribution in [2.75, 3.05) is 0 Å². The molecule has 1 aromatic heterocycles. The number of hydrogen-bond donors (Lipinski definition) is 0. The van der Waals surface area contributed by atoms with Gasteiger partial charge in [0.15, 0.2) is 5.58 Å². The van der Waals surface area contributed by atoms with E-state index in [1.54, 1.807) is 16.7 Å². The number of fused-ring (bicyclic) bond motifs is 1. The molecule has 0 radical (unpaired) electrons. The molecule has 0 saturated carbocycles. The van der Waals surface area contributed by atoms with Crippen molar-refractivity contribution in [3.63, 3.8) is 0 Å². The van der Waals surface area contributed by atoms with Gasteiger partial charge in [-0.05, 0) is 30.4 Å². The highest BCUT2D eigenvalue weighted by Gasteiger charge is 2.03. The molecule has 0 saturated heterocycles. The molecular weight excluding hydrogens is 186 g/mol. The highest BCUT2D eigenvalue weighted by molar-refractivity contribution is 7.71. The van der Waals surface area contributed by atoms with Crippen molar-refractivity contribution >= 4 is 29.6 Å². The Labute approximate surface area is 79.6 Å². The molecule has 0 atom stereocenters. The van der Waals surface area contributed by atoms with E-state index in [2.05, 4.69) is 0 Å². The predicted octanol–water partition coefficient (Wildman–Crippen LogP) is 2.31. The van der Waals surface area contributed by atoms with Gasteiger partial charge in [-0.2, -0.15) is 0 Å². The van der Waals surface area contributed by atoms with Crippen LogP contribution in [0.3, 0.4) is 0 Å². The number of aldehydes is 1. The van der Waals surface area contributed by atoms with E-state index in [0.29, 0.717) is 16.0 Å². The van der Waals surface area contributed by atoms with Gasteiger partial charge in [0.2, 0.25) is 0 Å². The van der Waals surface area contributed by atoms with Crippen molar-refractivity contribution in [1.29, 1.82) is 0 Å². The first-order valence-electron chi connectivity index (χ1n) is 3.77. The second-order valence-electron chi connectivity index (χ2n) is 2.77. The standard InChI is InChI=1S/C9H7NO2S/c1-10-7-3-2-6(5-11)4-8(7)12-9(10)13/h2-5H,1H3. The number of benzene rings is 1. The maximum Gasteiger partial charge on any atom is 0.269 e. The molecule has 0 spiro atoms. The van der Waals surface area contributed by atoms with Gasteiger partial charge in [-0.15, -0.1) is 0 Å². The zero-order valence-corrected chi connectivity index (χ0v) is 7.80. The van der Waals surface area contributed by atoms with Crippen molar-refractivity contribution in [3.05, 3.63) is 28.6 Å². The maximum atomic E-state index is 10.5. The largest absolute Gasteiger partial charge is 0.429 e. The number of hydrogen-bond acceptors (Lipinski definition) is 3. The van der Waals surface area contributed by atoms with Gasteiger partial charge in [-0.25, -0.2) is 0 Å². The Kier molecular flexibility index (Phi) is 1.77. The zero-order chi connectivity index (χ0) is 9.42. The molecule has 13 heavy (non-hydrogen) atoms.